The molecule has 0 aliphatic carbocycles. The molecule has 0 aliphatic rings. The number of rotatable bonds is 8. The molecule has 0 saturated carbocycles. The van der Waals surface area contributed by atoms with E-state index in [4.69, 9.17) is 0 Å². The number of hydrogen-bond donors (Lipinski definition) is 2. The smallest absolute Gasteiger partial charge is 0.239 e. The summed E-state index contributed by atoms with van der Waals surface area (Å²) in [5.74, 6) is 0.204. The van der Waals surface area contributed by atoms with Gasteiger partial charge >= 0.3 is 0 Å². The Hall–Kier alpha value is -1.88. The Morgan fingerprint density at radius 1 is 1.04 bits per heavy atom. The van der Waals surface area contributed by atoms with Crippen LogP contribution in [0.5, 0.6) is 0 Å². The molecule has 0 heterocycles. The fraction of sp³-hybridized carbons (Fsp3) is 0.556. The second-order valence-corrected chi connectivity index (χ2v) is 6.57. The topological polar surface area (TPSA) is 61.4 Å². The third kappa shape index (κ3) is 7.79. The van der Waals surface area contributed by atoms with Gasteiger partial charge in [0.25, 0.3) is 0 Å². The number of nitrogens with zero attached hydrogens (tertiary/aromatic N) is 1. The second kappa shape index (κ2) is 9.30. The summed E-state index contributed by atoms with van der Waals surface area (Å²) in [6.45, 7) is 9.09. The van der Waals surface area contributed by atoms with E-state index in [0.717, 1.165) is 0 Å². The van der Waals surface area contributed by atoms with Gasteiger partial charge in [-0.25, -0.2) is 0 Å². The second-order valence-electron chi connectivity index (χ2n) is 6.57. The number of carbonyl (C=O) groups excluding carboxylic acids is 2. The number of hydrogen-bond acceptors (Lipinski definition) is 3. The van der Waals surface area contributed by atoms with E-state index in [-0.39, 0.29) is 30.9 Å². The lowest BCUT2D eigenvalue weighted by atomic mass is 10.0. The zero-order valence-electron chi connectivity index (χ0n) is 14.8. The van der Waals surface area contributed by atoms with Crippen LogP contribution in [0.25, 0.3) is 0 Å². The Labute approximate surface area is 139 Å². The van der Waals surface area contributed by atoms with Crippen LogP contribution in [0, 0.1) is 0 Å². The van der Waals surface area contributed by atoms with E-state index in [1.54, 1.807) is 0 Å². The molecule has 0 unspecified atom stereocenters. The Balaban J connectivity index is 2.36. The molecule has 1 aromatic carbocycles. The predicted molar refractivity (Wildman–Crippen MR) is 93.2 cm³/mol. The van der Waals surface area contributed by atoms with E-state index in [2.05, 4.69) is 48.7 Å². The van der Waals surface area contributed by atoms with E-state index >= 15 is 0 Å². The number of benzene rings is 1. The lowest BCUT2D eigenvalue weighted by molar-refractivity contribution is -0.126. The van der Waals surface area contributed by atoms with Crippen molar-refractivity contribution in [3.8, 4) is 0 Å². The highest BCUT2D eigenvalue weighted by Gasteiger charge is 2.10. The van der Waals surface area contributed by atoms with Crippen LogP contribution >= 0.6 is 0 Å². The summed E-state index contributed by atoms with van der Waals surface area (Å²) in [4.78, 5) is 25.3. The Morgan fingerprint density at radius 2 is 1.65 bits per heavy atom. The number of likely N-dealkylation sites (N-methyl/N-ethyl adjacent to an activating group) is 1. The molecule has 0 fully saturated rings. The molecule has 23 heavy (non-hydrogen) atoms. The molecule has 0 aromatic heterocycles. The van der Waals surface area contributed by atoms with Gasteiger partial charge in [-0.3, -0.25) is 14.5 Å². The normalized spacial score (nSPS) is 11.1. The van der Waals surface area contributed by atoms with Crippen molar-refractivity contribution in [2.24, 2.45) is 0 Å². The largest absolute Gasteiger partial charge is 0.352 e. The quantitative estimate of drug-likeness (QED) is 0.769. The average Bonchev–Trinajstić information content (AvgIpc) is 2.44. The van der Waals surface area contributed by atoms with Crippen molar-refractivity contribution in [2.45, 2.75) is 46.2 Å². The van der Waals surface area contributed by atoms with Crippen molar-refractivity contribution < 1.29 is 9.59 Å². The molecule has 2 N–H and O–H groups in total. The first kappa shape index (κ1) is 19.2. The van der Waals surface area contributed by atoms with E-state index < -0.39 is 0 Å². The van der Waals surface area contributed by atoms with Crippen LogP contribution in [0.4, 0.5) is 0 Å². The lowest BCUT2D eigenvalue weighted by Gasteiger charge is -2.17. The summed E-state index contributed by atoms with van der Waals surface area (Å²) in [7, 11) is 1.89. The molecule has 0 spiro atoms. The van der Waals surface area contributed by atoms with Crippen molar-refractivity contribution in [1.29, 1.82) is 0 Å². The summed E-state index contributed by atoms with van der Waals surface area (Å²) >= 11 is 0. The van der Waals surface area contributed by atoms with Crippen LogP contribution in [0.2, 0.25) is 0 Å². The molecule has 2 amide bonds. The summed E-state index contributed by atoms with van der Waals surface area (Å²) in [6, 6.07) is 8.53. The minimum Gasteiger partial charge on any atom is -0.352 e. The van der Waals surface area contributed by atoms with Gasteiger partial charge in [-0.05, 0) is 37.9 Å². The zero-order chi connectivity index (χ0) is 17.4. The summed E-state index contributed by atoms with van der Waals surface area (Å²) in [5, 5.41) is 5.37. The molecular formula is C18H29N3O2. The fourth-order valence-corrected chi connectivity index (χ4v) is 2.23. The van der Waals surface area contributed by atoms with Gasteiger partial charge < -0.3 is 10.6 Å². The van der Waals surface area contributed by atoms with Gasteiger partial charge in [-0.1, -0.05) is 38.1 Å². The van der Waals surface area contributed by atoms with Crippen LogP contribution in [0.1, 0.15) is 44.7 Å². The highest BCUT2D eigenvalue weighted by Crippen LogP contribution is 2.15. The molecule has 0 saturated heterocycles. The Morgan fingerprint density at radius 3 is 2.17 bits per heavy atom. The minimum atomic E-state index is -0.166. The van der Waals surface area contributed by atoms with Gasteiger partial charge in [0.05, 0.1) is 13.1 Å². The first-order valence-corrected chi connectivity index (χ1v) is 8.11. The summed E-state index contributed by atoms with van der Waals surface area (Å²) in [6.07, 6.45) is 0. The molecular weight excluding hydrogens is 290 g/mol. The van der Waals surface area contributed by atoms with E-state index in [1.807, 2.05) is 25.8 Å². The van der Waals surface area contributed by atoms with E-state index in [1.165, 1.54) is 11.1 Å². The van der Waals surface area contributed by atoms with Gasteiger partial charge in [-0.15, -0.1) is 0 Å². The van der Waals surface area contributed by atoms with Crippen LogP contribution in [-0.2, 0) is 16.1 Å². The van der Waals surface area contributed by atoms with Crippen molar-refractivity contribution >= 4 is 11.8 Å². The SMILES string of the molecule is CC(C)NC(=O)CNC(=O)CN(C)Cc1ccc(C(C)C)cc1. The Bertz CT molecular complexity index is 510. The number of amides is 2. The standard InChI is InChI=1S/C18H29N3O2/c1-13(2)16-8-6-15(7-9-16)11-21(5)12-18(23)19-10-17(22)20-14(3)4/h6-9,13-14H,10-12H2,1-5H3,(H,19,23)(H,20,22). The lowest BCUT2D eigenvalue weighted by Crippen LogP contribution is -2.42. The highest BCUT2D eigenvalue weighted by atomic mass is 16.2. The molecule has 1 rings (SSSR count). The van der Waals surface area contributed by atoms with Crippen LogP contribution in [0.3, 0.4) is 0 Å². The highest BCUT2D eigenvalue weighted by molar-refractivity contribution is 5.85. The van der Waals surface area contributed by atoms with E-state index in [0.29, 0.717) is 12.5 Å². The minimum absolute atomic E-state index is 0.0218. The monoisotopic (exact) mass is 319 g/mol. The Kier molecular flexibility index (Phi) is 7.75. The average molecular weight is 319 g/mol. The van der Waals surface area contributed by atoms with Crippen molar-refractivity contribution in [2.75, 3.05) is 20.1 Å². The molecule has 0 atom stereocenters. The fourth-order valence-electron chi connectivity index (χ4n) is 2.23. The zero-order valence-corrected chi connectivity index (χ0v) is 14.8. The molecule has 0 radical (unpaired) electrons. The van der Waals surface area contributed by atoms with Crippen molar-refractivity contribution in [3.05, 3.63) is 35.4 Å². The van der Waals surface area contributed by atoms with Crippen molar-refractivity contribution in [1.82, 2.24) is 15.5 Å². The molecule has 5 heteroatoms. The maximum Gasteiger partial charge on any atom is 0.239 e. The first-order chi connectivity index (χ1) is 10.8. The molecule has 128 valence electrons. The van der Waals surface area contributed by atoms with E-state index in [9.17, 15) is 9.59 Å². The predicted octanol–water partition coefficient (Wildman–Crippen LogP) is 1.88. The third-order valence-corrected chi connectivity index (χ3v) is 3.41. The molecule has 0 bridgehead atoms. The maximum atomic E-state index is 11.8. The molecule has 1 aromatic rings. The number of nitrogens with one attached hydrogen (secondary N) is 2. The summed E-state index contributed by atoms with van der Waals surface area (Å²) < 4.78 is 0. The molecule has 0 aliphatic heterocycles. The van der Waals surface area contributed by atoms with Gasteiger partial charge in [0.15, 0.2) is 0 Å². The van der Waals surface area contributed by atoms with Gasteiger partial charge in [-0.2, -0.15) is 0 Å². The van der Waals surface area contributed by atoms with Gasteiger partial charge in [0, 0.05) is 12.6 Å². The van der Waals surface area contributed by atoms with Crippen LogP contribution < -0.4 is 10.6 Å². The third-order valence-electron chi connectivity index (χ3n) is 3.41. The van der Waals surface area contributed by atoms with Gasteiger partial charge in [0.1, 0.15) is 0 Å². The van der Waals surface area contributed by atoms with Gasteiger partial charge in [0.2, 0.25) is 11.8 Å². The van der Waals surface area contributed by atoms with Crippen LogP contribution in [0.15, 0.2) is 24.3 Å². The van der Waals surface area contributed by atoms with Crippen molar-refractivity contribution in [3.63, 3.8) is 0 Å². The summed E-state index contributed by atoms with van der Waals surface area (Å²) in [5.41, 5.74) is 2.48. The molecule has 5 nitrogen and oxygen atoms in total. The maximum absolute atomic E-state index is 11.8. The number of carbonyl (C=O) groups is 2. The van der Waals surface area contributed by atoms with Crippen LogP contribution in [-0.4, -0.2) is 42.9 Å². The first-order valence-electron chi connectivity index (χ1n) is 8.11.